The Morgan fingerprint density at radius 2 is 0.481 bits per heavy atom. The average Bonchev–Trinajstić information content (AvgIpc) is 3.47. The van der Waals surface area contributed by atoms with Crippen LogP contribution >= 0.6 is 0 Å². The highest BCUT2D eigenvalue weighted by Crippen LogP contribution is 2.16. The number of allylic oxidation sites excluding steroid dienone is 20. The van der Waals surface area contributed by atoms with Crippen molar-refractivity contribution in [1.29, 1.82) is 0 Å². The topological polar surface area (TPSA) is 78.9 Å². The summed E-state index contributed by atoms with van der Waals surface area (Å²) in [6, 6.07) is 0. The van der Waals surface area contributed by atoms with Crippen LogP contribution in [0.1, 0.15) is 316 Å². The number of hydrogen-bond donors (Lipinski definition) is 0. The van der Waals surface area contributed by atoms with Crippen LogP contribution in [0.5, 0.6) is 0 Å². The van der Waals surface area contributed by atoms with Crippen LogP contribution in [0.2, 0.25) is 0 Å². The number of esters is 3. The van der Waals surface area contributed by atoms with Gasteiger partial charge in [0.2, 0.25) is 0 Å². The molecular weight excluding hydrogens is 997 g/mol. The van der Waals surface area contributed by atoms with Gasteiger partial charge in [-0.3, -0.25) is 14.4 Å². The number of ether oxygens (including phenoxy) is 3. The van der Waals surface area contributed by atoms with Gasteiger partial charge in [-0.1, -0.05) is 284 Å². The molecule has 0 radical (unpaired) electrons. The van der Waals surface area contributed by atoms with Gasteiger partial charge in [0.05, 0.1) is 0 Å². The first kappa shape index (κ1) is 76.8. The zero-order valence-electron chi connectivity index (χ0n) is 53.0. The van der Waals surface area contributed by atoms with E-state index >= 15 is 0 Å². The van der Waals surface area contributed by atoms with Gasteiger partial charge >= 0.3 is 17.9 Å². The minimum Gasteiger partial charge on any atom is -0.462 e. The summed E-state index contributed by atoms with van der Waals surface area (Å²) in [6.07, 6.45) is 94.9. The molecule has 0 rings (SSSR count). The minimum atomic E-state index is -0.797. The molecule has 0 N–H and O–H groups in total. The van der Waals surface area contributed by atoms with E-state index in [0.29, 0.717) is 19.3 Å². The standard InChI is InChI=1S/C75H126O6/c1-4-7-10-13-16-19-22-25-28-30-32-34-35-36-37-38-39-41-42-44-47-50-53-56-59-62-65-68-74(77)80-71-72(70-79-73(76)67-64-61-58-55-52-49-46-27-24-21-18-15-12-9-6-3)81-75(78)69-66-63-60-57-54-51-48-45-43-40-33-31-29-26-23-20-17-14-11-8-5-2/h7,10,16,18-19,21,23,25-28,31-34,36-37,43,45-46,72H,4-6,8-9,11-15,17,20,22,24,29-30,35,38-42,44,47-71H2,1-3H3/b10-7-,19-16-,21-18-,26-23-,28-25-,33-31-,34-32-,37-36-,45-43-,46-27-. The highest BCUT2D eigenvalue weighted by molar-refractivity contribution is 5.71. The quantitative estimate of drug-likeness (QED) is 0.0261. The van der Waals surface area contributed by atoms with Crippen molar-refractivity contribution in [3.8, 4) is 0 Å². The monoisotopic (exact) mass is 1120 g/mol. The molecule has 0 aliphatic heterocycles. The van der Waals surface area contributed by atoms with Crippen LogP contribution < -0.4 is 0 Å². The van der Waals surface area contributed by atoms with Crippen molar-refractivity contribution in [3.63, 3.8) is 0 Å². The number of carbonyl (C=O) groups is 3. The minimum absolute atomic E-state index is 0.0910. The highest BCUT2D eigenvalue weighted by atomic mass is 16.6. The summed E-state index contributed by atoms with van der Waals surface area (Å²) in [5, 5.41) is 0. The van der Waals surface area contributed by atoms with E-state index in [1.54, 1.807) is 0 Å². The molecule has 0 saturated carbocycles. The fraction of sp³-hybridized carbons (Fsp3) is 0.693. The van der Waals surface area contributed by atoms with Crippen molar-refractivity contribution in [2.45, 2.75) is 322 Å². The summed E-state index contributed by atoms with van der Waals surface area (Å²) in [6.45, 7) is 6.49. The van der Waals surface area contributed by atoms with Crippen molar-refractivity contribution < 1.29 is 28.6 Å². The first-order chi connectivity index (χ1) is 40.0. The molecule has 0 aromatic carbocycles. The Kier molecular flexibility index (Phi) is 64.8. The number of hydrogen-bond acceptors (Lipinski definition) is 6. The summed E-state index contributed by atoms with van der Waals surface area (Å²) in [7, 11) is 0. The fourth-order valence-electron chi connectivity index (χ4n) is 9.33. The van der Waals surface area contributed by atoms with Gasteiger partial charge in [-0.25, -0.2) is 0 Å². The number of rotatable bonds is 61. The lowest BCUT2D eigenvalue weighted by Crippen LogP contribution is -2.30. The van der Waals surface area contributed by atoms with Gasteiger partial charge in [-0.05, 0) is 135 Å². The van der Waals surface area contributed by atoms with Crippen LogP contribution in [0.3, 0.4) is 0 Å². The second kappa shape index (κ2) is 68.3. The molecule has 0 aliphatic carbocycles. The average molecular weight is 1120 g/mol. The van der Waals surface area contributed by atoms with Crippen molar-refractivity contribution in [1.82, 2.24) is 0 Å². The summed E-state index contributed by atoms with van der Waals surface area (Å²) >= 11 is 0. The summed E-state index contributed by atoms with van der Waals surface area (Å²) < 4.78 is 16.9. The van der Waals surface area contributed by atoms with E-state index in [2.05, 4.69) is 142 Å². The normalized spacial score (nSPS) is 12.9. The van der Waals surface area contributed by atoms with Crippen LogP contribution in [0.25, 0.3) is 0 Å². The Bertz CT molecular complexity index is 1670. The Balaban J connectivity index is 4.38. The van der Waals surface area contributed by atoms with Crippen LogP contribution in [-0.2, 0) is 28.6 Å². The molecule has 0 saturated heterocycles. The maximum Gasteiger partial charge on any atom is 0.306 e. The second-order valence-electron chi connectivity index (χ2n) is 22.3. The third-order valence-electron chi connectivity index (χ3n) is 14.4. The van der Waals surface area contributed by atoms with E-state index in [-0.39, 0.29) is 31.1 Å². The maximum absolute atomic E-state index is 12.9. The smallest absolute Gasteiger partial charge is 0.306 e. The summed E-state index contributed by atoms with van der Waals surface area (Å²) in [5.74, 6) is -0.912. The van der Waals surface area contributed by atoms with E-state index in [0.717, 1.165) is 141 Å². The molecule has 1 unspecified atom stereocenters. The molecule has 0 spiro atoms. The molecule has 462 valence electrons. The largest absolute Gasteiger partial charge is 0.462 e. The third kappa shape index (κ3) is 66.5. The fourth-order valence-corrected chi connectivity index (χ4v) is 9.33. The van der Waals surface area contributed by atoms with Crippen molar-refractivity contribution in [2.75, 3.05) is 13.2 Å². The molecule has 0 aromatic heterocycles. The third-order valence-corrected chi connectivity index (χ3v) is 14.4. The number of carbonyl (C=O) groups excluding carboxylic acids is 3. The molecule has 0 amide bonds. The molecule has 0 aromatic rings. The molecule has 1 atom stereocenters. The molecule has 0 heterocycles. The van der Waals surface area contributed by atoms with Crippen molar-refractivity contribution >= 4 is 17.9 Å². The van der Waals surface area contributed by atoms with Gasteiger partial charge in [0, 0.05) is 19.3 Å². The van der Waals surface area contributed by atoms with Gasteiger partial charge in [-0.2, -0.15) is 0 Å². The summed E-state index contributed by atoms with van der Waals surface area (Å²) in [5.41, 5.74) is 0. The molecule has 81 heavy (non-hydrogen) atoms. The van der Waals surface area contributed by atoms with E-state index < -0.39 is 6.10 Å². The lowest BCUT2D eigenvalue weighted by molar-refractivity contribution is -0.167. The molecule has 0 aliphatic rings. The van der Waals surface area contributed by atoms with Gasteiger partial charge in [0.25, 0.3) is 0 Å². The summed E-state index contributed by atoms with van der Waals surface area (Å²) in [4.78, 5) is 38.4. The Labute approximate surface area is 501 Å². The van der Waals surface area contributed by atoms with Gasteiger partial charge in [-0.15, -0.1) is 0 Å². The van der Waals surface area contributed by atoms with Crippen molar-refractivity contribution in [2.24, 2.45) is 0 Å². The molecule has 6 heteroatoms. The molecular formula is C75H126O6. The second-order valence-corrected chi connectivity index (χ2v) is 22.3. The van der Waals surface area contributed by atoms with E-state index in [1.165, 1.54) is 135 Å². The van der Waals surface area contributed by atoms with Gasteiger partial charge < -0.3 is 14.2 Å². The van der Waals surface area contributed by atoms with Gasteiger partial charge in [0.15, 0.2) is 6.10 Å². The molecule has 6 nitrogen and oxygen atoms in total. The van der Waals surface area contributed by atoms with Crippen LogP contribution in [0.15, 0.2) is 122 Å². The maximum atomic E-state index is 12.9. The van der Waals surface area contributed by atoms with E-state index in [1.807, 2.05) is 0 Å². The zero-order valence-corrected chi connectivity index (χ0v) is 53.0. The van der Waals surface area contributed by atoms with Crippen LogP contribution in [-0.4, -0.2) is 37.2 Å². The predicted molar refractivity (Wildman–Crippen MR) is 353 cm³/mol. The number of unbranched alkanes of at least 4 members (excludes halogenated alkanes) is 30. The first-order valence-electron chi connectivity index (χ1n) is 34.0. The zero-order chi connectivity index (χ0) is 58.5. The SMILES string of the molecule is CC/C=C\C/C=C\C/C=C\C/C=C\C/C=C\CCCCCCCCCCCCCC(=O)OCC(COC(=O)CCCCCCC/C=C\C/C=C\CCCCC)OC(=O)CCCCCCCC/C=C\C/C=C\C/C=C\CCCCCCC. The Morgan fingerprint density at radius 1 is 0.259 bits per heavy atom. The van der Waals surface area contributed by atoms with Crippen molar-refractivity contribution in [3.05, 3.63) is 122 Å². The lowest BCUT2D eigenvalue weighted by Gasteiger charge is -2.18. The van der Waals surface area contributed by atoms with E-state index in [9.17, 15) is 14.4 Å². The molecule has 0 bridgehead atoms. The Morgan fingerprint density at radius 3 is 0.778 bits per heavy atom. The first-order valence-corrected chi connectivity index (χ1v) is 34.0. The Hall–Kier alpha value is -4.19. The van der Waals surface area contributed by atoms with E-state index in [4.69, 9.17) is 14.2 Å². The lowest BCUT2D eigenvalue weighted by atomic mass is 10.0. The molecule has 0 fully saturated rings. The van der Waals surface area contributed by atoms with Gasteiger partial charge in [0.1, 0.15) is 13.2 Å². The van der Waals surface area contributed by atoms with Crippen LogP contribution in [0.4, 0.5) is 0 Å². The predicted octanol–water partition coefficient (Wildman–Crippen LogP) is 23.6. The highest BCUT2D eigenvalue weighted by Gasteiger charge is 2.19. The van der Waals surface area contributed by atoms with Crippen LogP contribution in [0, 0.1) is 0 Å².